The van der Waals surface area contributed by atoms with E-state index in [0.29, 0.717) is 11.5 Å². The van der Waals surface area contributed by atoms with Gasteiger partial charge in [0.05, 0.1) is 18.3 Å². The van der Waals surface area contributed by atoms with Crippen LogP contribution in [-0.4, -0.2) is 24.6 Å². The van der Waals surface area contributed by atoms with Crippen LogP contribution in [0.25, 0.3) is 10.9 Å². The SMILES string of the molecule is COc1cccc(OCC(=O)Nc2cccc3ncccc23)c1. The number of hydrogen-bond donors (Lipinski definition) is 1. The van der Waals surface area contributed by atoms with Crippen molar-refractivity contribution in [2.75, 3.05) is 19.0 Å². The van der Waals surface area contributed by atoms with Gasteiger partial charge in [0.25, 0.3) is 5.91 Å². The Balaban J connectivity index is 1.67. The van der Waals surface area contributed by atoms with Gasteiger partial charge in [-0.25, -0.2) is 0 Å². The van der Waals surface area contributed by atoms with Crippen LogP contribution in [0.1, 0.15) is 0 Å². The van der Waals surface area contributed by atoms with Crippen molar-refractivity contribution in [3.8, 4) is 11.5 Å². The summed E-state index contributed by atoms with van der Waals surface area (Å²) >= 11 is 0. The smallest absolute Gasteiger partial charge is 0.262 e. The van der Waals surface area contributed by atoms with Gasteiger partial charge in [-0.3, -0.25) is 9.78 Å². The lowest BCUT2D eigenvalue weighted by Gasteiger charge is -2.10. The molecule has 0 atom stereocenters. The fourth-order valence-electron chi connectivity index (χ4n) is 2.24. The van der Waals surface area contributed by atoms with E-state index in [9.17, 15) is 4.79 Å². The summed E-state index contributed by atoms with van der Waals surface area (Å²) in [5, 5.41) is 3.74. The number of carbonyl (C=O) groups excluding carboxylic acids is 1. The van der Waals surface area contributed by atoms with E-state index in [4.69, 9.17) is 9.47 Å². The first-order chi connectivity index (χ1) is 11.3. The topological polar surface area (TPSA) is 60.5 Å². The number of benzene rings is 2. The normalized spacial score (nSPS) is 10.3. The van der Waals surface area contributed by atoms with Crippen molar-refractivity contribution in [1.82, 2.24) is 4.98 Å². The molecule has 0 radical (unpaired) electrons. The second kappa shape index (κ2) is 6.79. The van der Waals surface area contributed by atoms with Crippen molar-refractivity contribution >= 4 is 22.5 Å². The van der Waals surface area contributed by atoms with E-state index < -0.39 is 0 Å². The highest BCUT2D eigenvalue weighted by molar-refractivity contribution is 6.01. The molecule has 3 rings (SSSR count). The lowest BCUT2D eigenvalue weighted by Crippen LogP contribution is -2.20. The molecular weight excluding hydrogens is 292 g/mol. The Hall–Kier alpha value is -3.08. The Kier molecular flexibility index (Phi) is 4.38. The third-order valence-electron chi connectivity index (χ3n) is 3.33. The summed E-state index contributed by atoms with van der Waals surface area (Å²) in [6.07, 6.45) is 1.72. The maximum absolute atomic E-state index is 12.1. The van der Waals surface area contributed by atoms with Crippen LogP contribution in [0.4, 0.5) is 5.69 Å². The molecule has 2 aromatic carbocycles. The quantitative estimate of drug-likeness (QED) is 0.786. The number of nitrogens with one attached hydrogen (secondary N) is 1. The molecule has 1 amide bonds. The molecule has 5 nitrogen and oxygen atoms in total. The minimum atomic E-state index is -0.232. The van der Waals surface area contributed by atoms with Crippen LogP contribution in [0.2, 0.25) is 0 Å². The van der Waals surface area contributed by atoms with E-state index in [2.05, 4.69) is 10.3 Å². The van der Waals surface area contributed by atoms with Crippen molar-refractivity contribution in [3.63, 3.8) is 0 Å². The van der Waals surface area contributed by atoms with Crippen molar-refractivity contribution in [2.45, 2.75) is 0 Å². The molecule has 3 aromatic rings. The van der Waals surface area contributed by atoms with Gasteiger partial charge in [0.2, 0.25) is 0 Å². The first-order valence-corrected chi connectivity index (χ1v) is 7.17. The minimum Gasteiger partial charge on any atom is -0.497 e. The van der Waals surface area contributed by atoms with Crippen molar-refractivity contribution in [3.05, 3.63) is 60.8 Å². The zero-order valence-electron chi connectivity index (χ0n) is 12.7. The fourth-order valence-corrected chi connectivity index (χ4v) is 2.24. The number of aromatic nitrogens is 1. The van der Waals surface area contributed by atoms with Crippen LogP contribution in [0.3, 0.4) is 0 Å². The predicted molar refractivity (Wildman–Crippen MR) is 88.9 cm³/mol. The number of fused-ring (bicyclic) bond motifs is 1. The van der Waals surface area contributed by atoms with Crippen molar-refractivity contribution in [2.24, 2.45) is 0 Å². The number of carbonyl (C=O) groups is 1. The van der Waals surface area contributed by atoms with Gasteiger partial charge in [-0.15, -0.1) is 0 Å². The van der Waals surface area contributed by atoms with Gasteiger partial charge >= 0.3 is 0 Å². The highest BCUT2D eigenvalue weighted by atomic mass is 16.5. The number of rotatable bonds is 5. The van der Waals surface area contributed by atoms with Crippen LogP contribution in [0.15, 0.2) is 60.8 Å². The monoisotopic (exact) mass is 308 g/mol. The zero-order chi connectivity index (χ0) is 16.1. The summed E-state index contributed by atoms with van der Waals surface area (Å²) in [5.74, 6) is 1.03. The van der Waals surface area contributed by atoms with Crippen molar-refractivity contribution < 1.29 is 14.3 Å². The molecule has 1 aromatic heterocycles. The van der Waals surface area contributed by atoms with Gasteiger partial charge in [0.15, 0.2) is 6.61 Å². The van der Waals surface area contributed by atoms with Gasteiger partial charge in [-0.1, -0.05) is 12.1 Å². The second-order valence-electron chi connectivity index (χ2n) is 4.89. The van der Waals surface area contributed by atoms with Gasteiger partial charge in [0, 0.05) is 17.6 Å². The Labute approximate surface area is 133 Å². The lowest BCUT2D eigenvalue weighted by molar-refractivity contribution is -0.118. The molecule has 0 bridgehead atoms. The van der Waals surface area contributed by atoms with E-state index in [0.717, 1.165) is 16.6 Å². The Bertz CT molecular complexity index is 828. The Morgan fingerprint density at radius 2 is 1.91 bits per heavy atom. The molecule has 0 aliphatic carbocycles. The van der Waals surface area contributed by atoms with E-state index >= 15 is 0 Å². The maximum Gasteiger partial charge on any atom is 0.262 e. The van der Waals surface area contributed by atoms with Crippen LogP contribution >= 0.6 is 0 Å². The molecule has 0 fully saturated rings. The molecule has 116 valence electrons. The standard InChI is InChI=1S/C18H16N2O3/c1-22-13-5-2-6-14(11-13)23-12-18(21)20-17-9-3-8-16-15(17)7-4-10-19-16/h2-11H,12H2,1H3,(H,20,21). The van der Waals surface area contributed by atoms with Crippen LogP contribution in [-0.2, 0) is 4.79 Å². The number of methoxy groups -OCH3 is 1. The molecule has 0 spiro atoms. The summed E-state index contributed by atoms with van der Waals surface area (Å²) < 4.78 is 10.6. The number of anilines is 1. The van der Waals surface area contributed by atoms with Gasteiger partial charge in [-0.05, 0) is 36.4 Å². The summed E-state index contributed by atoms with van der Waals surface area (Å²) in [6.45, 7) is -0.0795. The molecule has 0 aliphatic rings. The van der Waals surface area contributed by atoms with Gasteiger partial charge < -0.3 is 14.8 Å². The zero-order valence-corrected chi connectivity index (χ0v) is 12.7. The molecule has 0 unspecified atom stereocenters. The van der Waals surface area contributed by atoms with E-state index in [1.807, 2.05) is 42.5 Å². The number of pyridine rings is 1. The van der Waals surface area contributed by atoms with E-state index in [-0.39, 0.29) is 12.5 Å². The molecular formula is C18H16N2O3. The molecule has 23 heavy (non-hydrogen) atoms. The number of hydrogen-bond acceptors (Lipinski definition) is 4. The maximum atomic E-state index is 12.1. The predicted octanol–water partition coefficient (Wildman–Crippen LogP) is 3.26. The average Bonchev–Trinajstić information content (AvgIpc) is 2.60. The Morgan fingerprint density at radius 3 is 2.78 bits per heavy atom. The van der Waals surface area contributed by atoms with E-state index in [1.165, 1.54) is 0 Å². The van der Waals surface area contributed by atoms with Crippen LogP contribution in [0.5, 0.6) is 11.5 Å². The molecule has 0 saturated carbocycles. The number of ether oxygens (including phenoxy) is 2. The molecule has 1 heterocycles. The first kappa shape index (κ1) is 14.8. The summed E-state index contributed by atoms with van der Waals surface area (Å²) in [6, 6.07) is 16.5. The first-order valence-electron chi connectivity index (χ1n) is 7.17. The van der Waals surface area contributed by atoms with E-state index in [1.54, 1.807) is 25.4 Å². The van der Waals surface area contributed by atoms with Gasteiger partial charge in [-0.2, -0.15) is 0 Å². The number of amides is 1. The minimum absolute atomic E-state index is 0.0795. The summed E-state index contributed by atoms with van der Waals surface area (Å²) in [4.78, 5) is 16.4. The highest BCUT2D eigenvalue weighted by Gasteiger charge is 2.07. The highest BCUT2D eigenvalue weighted by Crippen LogP contribution is 2.22. The molecule has 1 N–H and O–H groups in total. The lowest BCUT2D eigenvalue weighted by atomic mass is 10.2. The second-order valence-corrected chi connectivity index (χ2v) is 4.89. The summed E-state index contributed by atoms with van der Waals surface area (Å²) in [5.41, 5.74) is 1.55. The third-order valence-corrected chi connectivity index (χ3v) is 3.33. The van der Waals surface area contributed by atoms with Crippen molar-refractivity contribution in [1.29, 1.82) is 0 Å². The average molecular weight is 308 g/mol. The fraction of sp³-hybridized carbons (Fsp3) is 0.111. The Morgan fingerprint density at radius 1 is 1.09 bits per heavy atom. The van der Waals surface area contributed by atoms with Crippen LogP contribution < -0.4 is 14.8 Å². The third kappa shape index (κ3) is 3.58. The molecule has 0 saturated heterocycles. The number of nitrogens with zero attached hydrogens (tertiary/aromatic N) is 1. The van der Waals surface area contributed by atoms with Gasteiger partial charge in [0.1, 0.15) is 11.5 Å². The largest absolute Gasteiger partial charge is 0.497 e. The molecule has 0 aliphatic heterocycles. The van der Waals surface area contributed by atoms with Crippen LogP contribution in [0, 0.1) is 0 Å². The summed E-state index contributed by atoms with van der Waals surface area (Å²) in [7, 11) is 1.58. The molecule has 5 heteroatoms.